The van der Waals surface area contributed by atoms with Gasteiger partial charge in [-0.05, 0) is 53.9 Å². The van der Waals surface area contributed by atoms with E-state index in [9.17, 15) is 19.5 Å². The first-order chi connectivity index (χ1) is 17.0. The van der Waals surface area contributed by atoms with Crippen molar-refractivity contribution in [1.82, 2.24) is 10.6 Å². The minimum atomic E-state index is -0.780. The Morgan fingerprint density at radius 2 is 1.49 bits per heavy atom. The number of benzene rings is 2. The fraction of sp³-hybridized carbons (Fsp3) is 0.464. The van der Waals surface area contributed by atoms with E-state index in [0.29, 0.717) is 19.4 Å². The molecule has 184 valence electrons. The summed E-state index contributed by atoms with van der Waals surface area (Å²) in [6, 6.07) is 16.1. The molecule has 2 aromatic carbocycles. The molecular weight excluding hydrogens is 444 g/mol. The molecular formula is C28H32N2O5. The molecule has 0 bridgehead atoms. The molecule has 0 spiro atoms. The molecule has 7 nitrogen and oxygen atoms in total. The number of carbonyl (C=O) groups excluding carboxylic acids is 2. The highest BCUT2D eigenvalue weighted by molar-refractivity contribution is 5.81. The van der Waals surface area contributed by atoms with Crippen LogP contribution in [0.2, 0.25) is 0 Å². The molecule has 0 heterocycles. The van der Waals surface area contributed by atoms with Gasteiger partial charge in [0.1, 0.15) is 6.61 Å². The second-order valence-corrected chi connectivity index (χ2v) is 9.99. The van der Waals surface area contributed by atoms with Gasteiger partial charge < -0.3 is 20.5 Å². The predicted octanol–water partition coefficient (Wildman–Crippen LogP) is 4.31. The molecule has 4 atom stereocenters. The Balaban J connectivity index is 1.15. The zero-order valence-electron chi connectivity index (χ0n) is 19.7. The molecule has 0 aromatic heterocycles. The fourth-order valence-electron chi connectivity index (χ4n) is 6.21. The third-order valence-corrected chi connectivity index (χ3v) is 8.01. The van der Waals surface area contributed by atoms with Gasteiger partial charge in [0, 0.05) is 18.5 Å². The second-order valence-electron chi connectivity index (χ2n) is 9.99. The molecule has 0 radical (unpaired) electrons. The first kappa shape index (κ1) is 23.4. The van der Waals surface area contributed by atoms with Crippen LogP contribution in [-0.2, 0) is 14.3 Å². The van der Waals surface area contributed by atoms with Gasteiger partial charge in [-0.3, -0.25) is 9.59 Å². The Morgan fingerprint density at radius 3 is 2.17 bits per heavy atom. The smallest absolute Gasteiger partial charge is 0.407 e. The molecule has 4 unspecified atom stereocenters. The number of rotatable bonds is 7. The number of nitrogens with one attached hydrogen (secondary N) is 2. The summed E-state index contributed by atoms with van der Waals surface area (Å²) in [5.41, 5.74) is 4.67. The predicted molar refractivity (Wildman–Crippen MR) is 131 cm³/mol. The molecule has 0 saturated heterocycles. The van der Waals surface area contributed by atoms with E-state index in [-0.39, 0.29) is 42.2 Å². The fourth-order valence-corrected chi connectivity index (χ4v) is 6.21. The number of amides is 2. The Labute approximate surface area is 205 Å². The first-order valence-electron chi connectivity index (χ1n) is 12.6. The molecule has 2 fully saturated rings. The van der Waals surface area contributed by atoms with Crippen LogP contribution >= 0.6 is 0 Å². The van der Waals surface area contributed by atoms with Gasteiger partial charge in [-0.1, -0.05) is 61.4 Å². The van der Waals surface area contributed by atoms with Crippen LogP contribution in [0.3, 0.4) is 0 Å². The number of fused-ring (bicyclic) bond motifs is 3. The van der Waals surface area contributed by atoms with Crippen LogP contribution in [0.5, 0.6) is 0 Å². The summed E-state index contributed by atoms with van der Waals surface area (Å²) < 4.78 is 5.66. The third kappa shape index (κ3) is 4.77. The number of aliphatic carboxylic acids is 1. The summed E-state index contributed by atoms with van der Waals surface area (Å²) in [4.78, 5) is 37.0. The van der Waals surface area contributed by atoms with E-state index >= 15 is 0 Å². The molecule has 5 rings (SSSR count). The number of alkyl carbamates (subject to hydrolysis) is 1. The minimum absolute atomic E-state index is 0.00980. The van der Waals surface area contributed by atoms with Gasteiger partial charge >= 0.3 is 12.1 Å². The number of hydrogen-bond acceptors (Lipinski definition) is 4. The van der Waals surface area contributed by atoms with Gasteiger partial charge in [0.25, 0.3) is 0 Å². The Bertz CT molecular complexity index is 1070. The topological polar surface area (TPSA) is 105 Å². The lowest BCUT2D eigenvalue weighted by molar-refractivity contribution is -0.143. The van der Waals surface area contributed by atoms with Crippen molar-refractivity contribution in [2.24, 2.45) is 17.8 Å². The van der Waals surface area contributed by atoms with Gasteiger partial charge in [0.15, 0.2) is 0 Å². The number of carboxylic acids is 1. The number of ether oxygens (including phenoxy) is 1. The summed E-state index contributed by atoms with van der Waals surface area (Å²) in [6.07, 6.45) is 4.16. The average Bonchev–Trinajstić information content (AvgIpc) is 3.59. The Morgan fingerprint density at radius 1 is 0.857 bits per heavy atom. The van der Waals surface area contributed by atoms with Crippen molar-refractivity contribution in [3.05, 3.63) is 59.7 Å². The van der Waals surface area contributed by atoms with Crippen molar-refractivity contribution in [3.8, 4) is 11.1 Å². The van der Waals surface area contributed by atoms with Crippen LogP contribution < -0.4 is 10.6 Å². The van der Waals surface area contributed by atoms with Crippen LogP contribution in [-0.4, -0.2) is 42.3 Å². The maximum atomic E-state index is 12.9. The summed E-state index contributed by atoms with van der Waals surface area (Å²) in [7, 11) is 0. The standard InChI is InChI=1S/C28H32N2O5/c31-26(29-15-17-7-5-12-18(17)27(32)33)23-13-6-14-25(23)30-28(34)35-16-24-21-10-3-1-8-19(21)20-9-2-4-11-22(20)24/h1-4,8-11,17-18,23-25H,5-7,12-16H2,(H,29,31)(H,30,34)(H,32,33). The highest BCUT2D eigenvalue weighted by Crippen LogP contribution is 2.44. The SMILES string of the molecule is O=C(NC1CCCC1C(=O)NCC1CCCC1C(=O)O)OCC1c2ccccc2-c2ccccc21. The van der Waals surface area contributed by atoms with E-state index in [2.05, 4.69) is 34.9 Å². The van der Waals surface area contributed by atoms with E-state index in [1.807, 2.05) is 24.3 Å². The van der Waals surface area contributed by atoms with Gasteiger partial charge in [-0.25, -0.2) is 4.79 Å². The lowest BCUT2D eigenvalue weighted by atomic mass is 9.95. The summed E-state index contributed by atoms with van der Waals surface area (Å²) >= 11 is 0. The molecule has 3 N–H and O–H groups in total. The molecule has 7 heteroatoms. The largest absolute Gasteiger partial charge is 0.481 e. The van der Waals surface area contributed by atoms with Gasteiger partial charge in [0.2, 0.25) is 5.91 Å². The number of carboxylic acid groups (broad SMARTS) is 1. The summed E-state index contributed by atoms with van der Waals surface area (Å²) in [6.45, 7) is 0.617. The first-order valence-corrected chi connectivity index (χ1v) is 12.6. The van der Waals surface area contributed by atoms with Crippen LogP contribution in [0.15, 0.2) is 48.5 Å². The highest BCUT2D eigenvalue weighted by atomic mass is 16.5. The zero-order chi connectivity index (χ0) is 24.4. The maximum absolute atomic E-state index is 12.9. The average molecular weight is 477 g/mol. The summed E-state index contributed by atoms with van der Waals surface area (Å²) in [5.74, 6) is -1.62. The van der Waals surface area contributed by atoms with E-state index in [1.54, 1.807) is 0 Å². The highest BCUT2D eigenvalue weighted by Gasteiger charge is 2.37. The molecule has 2 saturated carbocycles. The lowest BCUT2D eigenvalue weighted by Gasteiger charge is -2.23. The van der Waals surface area contributed by atoms with Crippen molar-refractivity contribution in [2.75, 3.05) is 13.2 Å². The molecule has 0 aliphatic heterocycles. The van der Waals surface area contributed by atoms with Crippen molar-refractivity contribution >= 4 is 18.0 Å². The maximum Gasteiger partial charge on any atom is 0.407 e. The van der Waals surface area contributed by atoms with Crippen molar-refractivity contribution in [3.63, 3.8) is 0 Å². The zero-order valence-corrected chi connectivity index (χ0v) is 19.7. The minimum Gasteiger partial charge on any atom is -0.481 e. The van der Waals surface area contributed by atoms with Crippen LogP contribution in [0, 0.1) is 17.8 Å². The van der Waals surface area contributed by atoms with E-state index in [0.717, 1.165) is 36.8 Å². The van der Waals surface area contributed by atoms with E-state index in [4.69, 9.17) is 4.74 Å². The van der Waals surface area contributed by atoms with E-state index in [1.165, 1.54) is 11.1 Å². The van der Waals surface area contributed by atoms with Gasteiger partial charge in [-0.2, -0.15) is 0 Å². The van der Waals surface area contributed by atoms with Gasteiger partial charge in [0.05, 0.1) is 11.8 Å². The molecule has 35 heavy (non-hydrogen) atoms. The molecule has 2 amide bonds. The normalized spacial score (nSPS) is 25.0. The van der Waals surface area contributed by atoms with Gasteiger partial charge in [-0.15, -0.1) is 0 Å². The number of carbonyl (C=O) groups is 3. The van der Waals surface area contributed by atoms with Crippen LogP contribution in [0.4, 0.5) is 4.79 Å². The molecule has 2 aromatic rings. The lowest BCUT2D eigenvalue weighted by Crippen LogP contribution is -2.45. The monoisotopic (exact) mass is 476 g/mol. The van der Waals surface area contributed by atoms with Crippen molar-refractivity contribution in [2.45, 2.75) is 50.5 Å². The quantitative estimate of drug-likeness (QED) is 0.552. The summed E-state index contributed by atoms with van der Waals surface area (Å²) in [5, 5.41) is 15.2. The van der Waals surface area contributed by atoms with Crippen molar-refractivity contribution < 1.29 is 24.2 Å². The van der Waals surface area contributed by atoms with Crippen LogP contribution in [0.25, 0.3) is 11.1 Å². The second kappa shape index (κ2) is 10.1. The van der Waals surface area contributed by atoms with Crippen LogP contribution in [0.1, 0.15) is 55.6 Å². The van der Waals surface area contributed by atoms with Crippen molar-refractivity contribution in [1.29, 1.82) is 0 Å². The van der Waals surface area contributed by atoms with E-state index < -0.39 is 12.1 Å². The third-order valence-electron chi connectivity index (χ3n) is 8.01. The Hall–Kier alpha value is -3.35. The molecule has 3 aliphatic carbocycles. The molecule has 3 aliphatic rings. The number of hydrogen-bond donors (Lipinski definition) is 3. The Kier molecular flexibility index (Phi) is 6.75.